The molecule has 2 N–H and O–H groups in total. The monoisotopic (exact) mass is 362 g/mol. The van der Waals surface area contributed by atoms with Crippen LogP contribution in [0.2, 0.25) is 5.02 Å². The number of carboxylic acids is 1. The van der Waals surface area contributed by atoms with Gasteiger partial charge in [0.15, 0.2) is 6.04 Å². The maximum atomic E-state index is 12.1. The van der Waals surface area contributed by atoms with E-state index < -0.39 is 18.0 Å². The molecule has 0 aromatic heterocycles. The number of rotatable bonds is 2. The number of hydrogen-bond donors (Lipinski definition) is 2. The van der Waals surface area contributed by atoms with E-state index in [1.165, 1.54) is 4.90 Å². The lowest BCUT2D eigenvalue weighted by Gasteiger charge is -2.32. The summed E-state index contributed by atoms with van der Waals surface area (Å²) in [5, 5.41) is 12.2. The van der Waals surface area contributed by atoms with Crippen LogP contribution >= 0.6 is 27.5 Å². The zero-order valence-corrected chi connectivity index (χ0v) is 12.6. The van der Waals surface area contributed by atoms with Gasteiger partial charge in [0.25, 0.3) is 0 Å². The average molecular weight is 364 g/mol. The smallest absolute Gasteiger partial charge is 0.328 e. The quantitative estimate of drug-likeness (QED) is 0.846. The topological polar surface area (TPSA) is 78.9 Å². The molecule has 1 heterocycles. The second-order valence-electron chi connectivity index (χ2n) is 4.18. The average Bonchev–Trinajstić information content (AvgIpc) is 2.43. The number of carboxylic acid groups (broad SMARTS) is 1. The number of carbonyl (C=O) groups excluding carboxylic acids is 1. The van der Waals surface area contributed by atoms with Crippen LogP contribution in [-0.2, 0) is 9.53 Å². The summed E-state index contributed by atoms with van der Waals surface area (Å²) < 4.78 is 5.73. The number of morpholine rings is 1. The van der Waals surface area contributed by atoms with Crippen molar-refractivity contribution in [1.29, 1.82) is 0 Å². The molecule has 1 fully saturated rings. The first-order valence-electron chi connectivity index (χ1n) is 5.82. The molecule has 1 aromatic rings. The predicted molar refractivity (Wildman–Crippen MR) is 77.1 cm³/mol. The molecule has 0 saturated carbocycles. The van der Waals surface area contributed by atoms with Gasteiger partial charge in [0.1, 0.15) is 0 Å². The molecule has 0 spiro atoms. The number of benzene rings is 1. The number of urea groups is 1. The van der Waals surface area contributed by atoms with Gasteiger partial charge < -0.3 is 20.1 Å². The maximum absolute atomic E-state index is 12.1. The van der Waals surface area contributed by atoms with E-state index in [1.54, 1.807) is 18.2 Å². The summed E-state index contributed by atoms with van der Waals surface area (Å²) in [4.78, 5) is 24.5. The van der Waals surface area contributed by atoms with Gasteiger partial charge >= 0.3 is 12.0 Å². The van der Waals surface area contributed by atoms with Gasteiger partial charge in [-0.05, 0) is 34.1 Å². The largest absolute Gasteiger partial charge is 0.480 e. The standard InChI is InChI=1S/C12H12BrClN2O4/c13-8-5-7(1-2-9(8)14)15-12(19)16-3-4-20-6-10(16)11(17)18/h1-2,5,10H,3-4,6H2,(H,15,19)(H,17,18). The van der Waals surface area contributed by atoms with Gasteiger partial charge in [-0.15, -0.1) is 0 Å². The van der Waals surface area contributed by atoms with Crippen molar-refractivity contribution in [3.8, 4) is 0 Å². The van der Waals surface area contributed by atoms with Gasteiger partial charge in [0.05, 0.1) is 18.2 Å². The summed E-state index contributed by atoms with van der Waals surface area (Å²) >= 11 is 9.12. The Hall–Kier alpha value is -1.31. The van der Waals surface area contributed by atoms with E-state index >= 15 is 0 Å². The molecule has 1 aromatic carbocycles. The third-order valence-corrected chi connectivity index (χ3v) is 4.06. The fraction of sp³-hybridized carbons (Fsp3) is 0.333. The van der Waals surface area contributed by atoms with Gasteiger partial charge in [-0.25, -0.2) is 9.59 Å². The third kappa shape index (κ3) is 3.41. The van der Waals surface area contributed by atoms with Crippen LogP contribution in [0.4, 0.5) is 10.5 Å². The maximum Gasteiger partial charge on any atom is 0.328 e. The van der Waals surface area contributed by atoms with Crippen molar-refractivity contribution < 1.29 is 19.4 Å². The van der Waals surface area contributed by atoms with Crippen LogP contribution in [0.3, 0.4) is 0 Å². The zero-order chi connectivity index (χ0) is 14.7. The van der Waals surface area contributed by atoms with Crippen LogP contribution in [0.25, 0.3) is 0 Å². The molecule has 108 valence electrons. The normalized spacial score (nSPS) is 18.7. The van der Waals surface area contributed by atoms with E-state index in [-0.39, 0.29) is 13.2 Å². The Kier molecular flexibility index (Phi) is 4.85. The van der Waals surface area contributed by atoms with E-state index in [1.807, 2.05) is 0 Å². The molecule has 1 unspecified atom stereocenters. The Bertz CT molecular complexity index is 540. The Morgan fingerprint density at radius 2 is 2.25 bits per heavy atom. The van der Waals surface area contributed by atoms with Crippen LogP contribution in [0.5, 0.6) is 0 Å². The summed E-state index contributed by atoms with van der Waals surface area (Å²) in [6.45, 7) is 0.548. The fourth-order valence-electron chi connectivity index (χ4n) is 1.82. The number of hydrogen-bond acceptors (Lipinski definition) is 3. The van der Waals surface area contributed by atoms with Gasteiger partial charge in [0, 0.05) is 16.7 Å². The van der Waals surface area contributed by atoms with Crippen LogP contribution in [0, 0.1) is 0 Å². The van der Waals surface area contributed by atoms with Crippen molar-refractivity contribution >= 4 is 45.2 Å². The minimum Gasteiger partial charge on any atom is -0.480 e. The lowest BCUT2D eigenvalue weighted by molar-refractivity contribution is -0.147. The summed E-state index contributed by atoms with van der Waals surface area (Å²) in [6, 6.07) is 3.47. The van der Waals surface area contributed by atoms with Crippen molar-refractivity contribution in [2.24, 2.45) is 0 Å². The molecule has 20 heavy (non-hydrogen) atoms. The lowest BCUT2D eigenvalue weighted by Crippen LogP contribution is -2.53. The minimum absolute atomic E-state index is 0.00688. The summed E-state index contributed by atoms with van der Waals surface area (Å²) in [5.74, 6) is -1.09. The molecule has 6 nitrogen and oxygen atoms in total. The van der Waals surface area contributed by atoms with Crippen LogP contribution in [0.15, 0.2) is 22.7 Å². The molecule has 8 heteroatoms. The Morgan fingerprint density at radius 1 is 1.50 bits per heavy atom. The molecular weight excluding hydrogens is 351 g/mol. The Morgan fingerprint density at radius 3 is 2.90 bits per heavy atom. The highest BCUT2D eigenvalue weighted by molar-refractivity contribution is 9.10. The minimum atomic E-state index is -1.09. The van der Waals surface area contributed by atoms with E-state index in [4.69, 9.17) is 21.4 Å². The van der Waals surface area contributed by atoms with Gasteiger partial charge in [0.2, 0.25) is 0 Å². The van der Waals surface area contributed by atoms with Crippen molar-refractivity contribution in [2.75, 3.05) is 25.1 Å². The van der Waals surface area contributed by atoms with Crippen LogP contribution in [0.1, 0.15) is 0 Å². The number of aliphatic carboxylic acids is 1. The van der Waals surface area contributed by atoms with Crippen molar-refractivity contribution in [3.05, 3.63) is 27.7 Å². The molecule has 1 atom stereocenters. The van der Waals surface area contributed by atoms with Gasteiger partial charge in [-0.1, -0.05) is 11.6 Å². The number of nitrogens with one attached hydrogen (secondary N) is 1. The molecule has 1 aliphatic rings. The van der Waals surface area contributed by atoms with Crippen molar-refractivity contribution in [1.82, 2.24) is 4.90 Å². The molecule has 1 aliphatic heterocycles. The first kappa shape index (κ1) is 15.1. The van der Waals surface area contributed by atoms with Crippen molar-refractivity contribution in [2.45, 2.75) is 6.04 Å². The second-order valence-corrected chi connectivity index (χ2v) is 5.44. The van der Waals surface area contributed by atoms with E-state index in [2.05, 4.69) is 21.2 Å². The highest BCUT2D eigenvalue weighted by Gasteiger charge is 2.32. The Balaban J connectivity index is 2.09. The number of halogens is 2. The fourth-order valence-corrected chi connectivity index (χ4v) is 2.32. The third-order valence-electron chi connectivity index (χ3n) is 2.85. The first-order valence-corrected chi connectivity index (χ1v) is 6.99. The highest BCUT2D eigenvalue weighted by atomic mass is 79.9. The molecule has 2 rings (SSSR count). The SMILES string of the molecule is O=C(O)C1COCCN1C(=O)Nc1ccc(Cl)c(Br)c1. The van der Waals surface area contributed by atoms with E-state index in [0.29, 0.717) is 21.8 Å². The van der Waals surface area contributed by atoms with E-state index in [9.17, 15) is 9.59 Å². The van der Waals surface area contributed by atoms with Crippen LogP contribution < -0.4 is 5.32 Å². The van der Waals surface area contributed by atoms with Crippen LogP contribution in [-0.4, -0.2) is 47.8 Å². The summed E-state index contributed by atoms with van der Waals surface area (Å²) in [6.07, 6.45) is 0. The Labute approximate surface area is 128 Å². The molecule has 2 amide bonds. The zero-order valence-electron chi connectivity index (χ0n) is 10.3. The summed E-state index contributed by atoms with van der Waals surface area (Å²) in [7, 11) is 0. The second kappa shape index (κ2) is 6.43. The number of amides is 2. The predicted octanol–water partition coefficient (Wildman–Crippen LogP) is 2.42. The lowest BCUT2D eigenvalue weighted by atomic mass is 10.2. The highest BCUT2D eigenvalue weighted by Crippen LogP contribution is 2.25. The molecule has 0 bridgehead atoms. The molecular formula is C12H12BrClN2O4. The van der Waals surface area contributed by atoms with Gasteiger partial charge in [-0.2, -0.15) is 0 Å². The van der Waals surface area contributed by atoms with Crippen molar-refractivity contribution in [3.63, 3.8) is 0 Å². The summed E-state index contributed by atoms with van der Waals surface area (Å²) in [5.41, 5.74) is 0.530. The first-order chi connectivity index (χ1) is 9.49. The molecule has 0 aliphatic carbocycles. The number of ether oxygens (including phenoxy) is 1. The number of nitrogens with zero attached hydrogens (tertiary/aromatic N) is 1. The van der Waals surface area contributed by atoms with Gasteiger partial charge in [-0.3, -0.25) is 0 Å². The molecule has 1 saturated heterocycles. The number of anilines is 1. The van der Waals surface area contributed by atoms with E-state index in [0.717, 1.165) is 0 Å². The number of carbonyl (C=O) groups is 2. The molecule has 0 radical (unpaired) electrons.